The summed E-state index contributed by atoms with van der Waals surface area (Å²) < 4.78 is 14.3. The molecule has 0 saturated carbocycles. The van der Waals surface area contributed by atoms with Crippen LogP contribution in [-0.4, -0.2) is 5.78 Å². The highest BCUT2D eigenvalue weighted by atomic mass is 32.1. The molecular weight excluding hydrogens is 199 g/mol. The summed E-state index contributed by atoms with van der Waals surface area (Å²) in [5, 5.41) is 2.78. The Labute approximate surface area is 83.2 Å². The van der Waals surface area contributed by atoms with Gasteiger partial charge in [-0.25, -0.2) is 4.39 Å². The van der Waals surface area contributed by atoms with Crippen LogP contribution in [0.4, 0.5) is 4.39 Å². The minimum atomic E-state index is -0.317. The van der Waals surface area contributed by atoms with Gasteiger partial charge in [0.1, 0.15) is 5.83 Å². The Kier molecular flexibility index (Phi) is 1.42. The molecule has 1 nitrogen and oxygen atoms in total. The van der Waals surface area contributed by atoms with Gasteiger partial charge in [-0.1, -0.05) is 0 Å². The van der Waals surface area contributed by atoms with Gasteiger partial charge in [-0.3, -0.25) is 4.79 Å². The lowest BCUT2D eigenvalue weighted by Crippen LogP contribution is -2.19. The fourth-order valence-corrected chi connectivity index (χ4v) is 2.60. The number of thiophene rings is 1. The minimum Gasteiger partial charge on any atom is -0.289 e. The normalized spacial score (nSPS) is 18.4. The van der Waals surface area contributed by atoms with E-state index in [9.17, 15) is 9.18 Å². The van der Waals surface area contributed by atoms with Gasteiger partial charge in [0.25, 0.3) is 0 Å². The van der Waals surface area contributed by atoms with Gasteiger partial charge in [-0.15, -0.1) is 11.3 Å². The molecule has 0 N–H and O–H groups in total. The van der Waals surface area contributed by atoms with Crippen molar-refractivity contribution in [1.29, 1.82) is 0 Å². The maximum absolute atomic E-state index is 13.3. The lowest BCUT2D eigenvalue weighted by Gasteiger charge is -2.06. The molecule has 68 valence electrons. The summed E-state index contributed by atoms with van der Waals surface area (Å²) in [6.07, 6.45) is 4.26. The highest BCUT2D eigenvalue weighted by molar-refractivity contribution is 7.07. The number of carbonyl (C=O) groups is 1. The van der Waals surface area contributed by atoms with Crippen LogP contribution in [0.2, 0.25) is 0 Å². The molecule has 0 saturated heterocycles. The first-order valence-electron chi connectivity index (χ1n) is 4.19. The molecular formula is C11H5FOS. The number of hydrogen-bond donors (Lipinski definition) is 0. The van der Waals surface area contributed by atoms with Gasteiger partial charge in [0.15, 0.2) is 5.78 Å². The number of hydrogen-bond acceptors (Lipinski definition) is 2. The SMILES string of the molecule is O=C1C=CC(F)=C2C=c3sccc3=C12. The zero-order valence-corrected chi connectivity index (χ0v) is 7.90. The van der Waals surface area contributed by atoms with E-state index >= 15 is 0 Å². The highest BCUT2D eigenvalue weighted by Gasteiger charge is 2.23. The monoisotopic (exact) mass is 204 g/mol. The molecule has 0 spiro atoms. The number of halogens is 1. The minimum absolute atomic E-state index is 0.102. The maximum atomic E-state index is 13.3. The highest BCUT2D eigenvalue weighted by Crippen LogP contribution is 2.26. The largest absolute Gasteiger partial charge is 0.289 e. The fraction of sp³-hybridized carbons (Fsp3) is 0. The van der Waals surface area contributed by atoms with Gasteiger partial charge in [-0.2, -0.15) is 0 Å². The van der Waals surface area contributed by atoms with Crippen molar-refractivity contribution in [2.24, 2.45) is 0 Å². The predicted molar refractivity (Wildman–Crippen MR) is 53.7 cm³/mol. The number of allylic oxidation sites excluding steroid dienone is 4. The van der Waals surface area contributed by atoms with Crippen molar-refractivity contribution in [3.05, 3.63) is 44.7 Å². The van der Waals surface area contributed by atoms with Crippen molar-refractivity contribution < 1.29 is 9.18 Å². The summed E-state index contributed by atoms with van der Waals surface area (Å²) in [4.78, 5) is 11.5. The molecule has 2 aliphatic rings. The van der Waals surface area contributed by atoms with Crippen LogP contribution in [-0.2, 0) is 4.79 Å². The summed E-state index contributed by atoms with van der Waals surface area (Å²) in [6, 6.07) is 1.86. The summed E-state index contributed by atoms with van der Waals surface area (Å²) >= 11 is 1.52. The van der Waals surface area contributed by atoms with Gasteiger partial charge >= 0.3 is 0 Å². The summed E-state index contributed by atoms with van der Waals surface area (Å²) in [5.74, 6) is -0.419. The number of rotatable bonds is 0. The standard InChI is InChI=1S/C11H5FOS/c12-8-1-2-9(13)11-6-3-4-14-10(6)5-7(8)11/h1-5H. The van der Waals surface area contributed by atoms with E-state index in [-0.39, 0.29) is 11.6 Å². The molecule has 1 heterocycles. The second-order valence-electron chi connectivity index (χ2n) is 3.18. The van der Waals surface area contributed by atoms with Crippen molar-refractivity contribution in [2.45, 2.75) is 0 Å². The van der Waals surface area contributed by atoms with E-state index in [0.717, 1.165) is 9.75 Å². The van der Waals surface area contributed by atoms with E-state index in [2.05, 4.69) is 0 Å². The van der Waals surface area contributed by atoms with Gasteiger partial charge < -0.3 is 0 Å². The summed E-state index contributed by atoms with van der Waals surface area (Å²) in [6.45, 7) is 0. The number of carbonyl (C=O) groups excluding carboxylic acids is 1. The van der Waals surface area contributed by atoms with Gasteiger partial charge in [0.05, 0.1) is 0 Å². The molecule has 14 heavy (non-hydrogen) atoms. The van der Waals surface area contributed by atoms with Gasteiger partial charge in [-0.05, 0) is 29.7 Å². The first kappa shape index (κ1) is 7.88. The third kappa shape index (κ3) is 0.849. The summed E-state index contributed by atoms with van der Waals surface area (Å²) in [7, 11) is 0. The second kappa shape index (κ2) is 2.51. The topological polar surface area (TPSA) is 17.1 Å². The van der Waals surface area contributed by atoms with Crippen molar-refractivity contribution in [2.75, 3.05) is 0 Å². The molecule has 3 heteroatoms. The van der Waals surface area contributed by atoms with E-state index in [1.54, 1.807) is 6.08 Å². The average Bonchev–Trinajstić information content (AvgIpc) is 2.70. The molecule has 2 aliphatic carbocycles. The van der Waals surface area contributed by atoms with Crippen molar-refractivity contribution >= 4 is 28.8 Å². The van der Waals surface area contributed by atoms with Crippen molar-refractivity contribution in [3.8, 4) is 0 Å². The Bertz CT molecular complexity index is 616. The molecule has 0 aliphatic heterocycles. The predicted octanol–water partition coefficient (Wildman–Crippen LogP) is 1.06. The Morgan fingerprint density at radius 3 is 3.00 bits per heavy atom. The summed E-state index contributed by atoms with van der Waals surface area (Å²) in [5.41, 5.74) is 0.959. The third-order valence-corrected chi connectivity index (χ3v) is 3.26. The zero-order valence-electron chi connectivity index (χ0n) is 7.08. The van der Waals surface area contributed by atoms with Gasteiger partial charge in [0.2, 0.25) is 0 Å². The Morgan fingerprint density at radius 2 is 2.14 bits per heavy atom. The van der Waals surface area contributed by atoms with E-state index in [1.807, 2.05) is 11.4 Å². The number of ketones is 1. The molecule has 1 aromatic rings. The molecule has 0 atom stereocenters. The molecule has 0 bridgehead atoms. The van der Waals surface area contributed by atoms with Crippen LogP contribution < -0.4 is 9.75 Å². The molecule has 3 rings (SSSR count). The van der Waals surface area contributed by atoms with Crippen LogP contribution in [0.25, 0.3) is 11.6 Å². The first-order chi connectivity index (χ1) is 6.77. The van der Waals surface area contributed by atoms with Crippen LogP contribution in [0.5, 0.6) is 0 Å². The van der Waals surface area contributed by atoms with Crippen molar-refractivity contribution in [1.82, 2.24) is 0 Å². The quantitative estimate of drug-likeness (QED) is 0.617. The van der Waals surface area contributed by atoms with Crippen LogP contribution in [0.15, 0.2) is 35.0 Å². The lowest BCUT2D eigenvalue weighted by atomic mass is 9.98. The average molecular weight is 204 g/mol. The Morgan fingerprint density at radius 1 is 1.29 bits per heavy atom. The van der Waals surface area contributed by atoms with E-state index in [1.165, 1.54) is 23.5 Å². The van der Waals surface area contributed by atoms with E-state index < -0.39 is 0 Å². The molecule has 1 aromatic heterocycles. The first-order valence-corrected chi connectivity index (χ1v) is 5.07. The van der Waals surface area contributed by atoms with Gasteiger partial charge in [0, 0.05) is 20.9 Å². The molecule has 0 radical (unpaired) electrons. The fourth-order valence-electron chi connectivity index (χ4n) is 1.76. The molecule has 0 aromatic carbocycles. The second-order valence-corrected chi connectivity index (χ2v) is 4.12. The van der Waals surface area contributed by atoms with E-state index in [4.69, 9.17) is 0 Å². The van der Waals surface area contributed by atoms with Crippen LogP contribution in [0.3, 0.4) is 0 Å². The molecule has 0 amide bonds. The van der Waals surface area contributed by atoms with Crippen molar-refractivity contribution in [3.63, 3.8) is 0 Å². The Hall–Kier alpha value is -1.48. The third-order valence-electron chi connectivity index (χ3n) is 2.39. The zero-order chi connectivity index (χ0) is 9.71. The van der Waals surface area contributed by atoms with Crippen LogP contribution in [0.1, 0.15) is 0 Å². The Balaban J connectivity index is 2.51. The molecule has 0 fully saturated rings. The molecule has 0 unspecified atom stereocenters. The maximum Gasteiger partial charge on any atom is 0.187 e. The smallest absolute Gasteiger partial charge is 0.187 e. The lowest BCUT2D eigenvalue weighted by molar-refractivity contribution is -0.109. The number of fused-ring (bicyclic) bond motifs is 2. The van der Waals surface area contributed by atoms with Crippen LogP contribution in [0, 0.1) is 0 Å². The van der Waals surface area contributed by atoms with Crippen LogP contribution >= 0.6 is 11.3 Å². The van der Waals surface area contributed by atoms with E-state index in [0.29, 0.717) is 11.1 Å².